The van der Waals surface area contributed by atoms with Crippen molar-refractivity contribution in [3.8, 4) is 10.4 Å². The van der Waals surface area contributed by atoms with Gasteiger partial charge in [-0.15, -0.1) is 16.0 Å². The fourth-order valence-corrected chi connectivity index (χ4v) is 5.27. The van der Waals surface area contributed by atoms with E-state index in [4.69, 9.17) is 9.57 Å². The molecular weight excluding hydrogens is 438 g/mol. The van der Waals surface area contributed by atoms with Crippen LogP contribution in [-0.2, 0) is 22.6 Å². The van der Waals surface area contributed by atoms with E-state index >= 15 is 8.78 Å². The zero-order valence-electron chi connectivity index (χ0n) is 17.2. The lowest BCUT2D eigenvalue weighted by atomic mass is 9.98. The van der Waals surface area contributed by atoms with Gasteiger partial charge in [-0.2, -0.15) is 18.7 Å². The molecule has 32 heavy (non-hydrogen) atoms. The third-order valence-corrected chi connectivity index (χ3v) is 6.74. The second-order valence-electron chi connectivity index (χ2n) is 7.88. The molecule has 0 bridgehead atoms. The molecule has 1 aromatic carbocycles. The van der Waals surface area contributed by atoms with E-state index in [1.807, 2.05) is 30.3 Å². The summed E-state index contributed by atoms with van der Waals surface area (Å²) in [5.41, 5.74) is 1.65. The number of fused-ring (bicyclic) bond motifs is 3. The molecule has 3 aromatic heterocycles. The number of hydroxylamine groups is 2. The number of rotatable bonds is 6. The standard InChI is InChI=1S/C22H20F2N4O3S/c1-30-13-28(31-11-14-5-3-2-4-6-14)12-22(23,24)8-17-16-7-18(15-9-25-26-10-15)32-19(16)21(29)27-20(17)28/h2-7,9-10H,8,11-13H2,1H3,(H-,25,26,27,29)/p+1. The van der Waals surface area contributed by atoms with Crippen LogP contribution in [-0.4, -0.2) is 41.5 Å². The van der Waals surface area contributed by atoms with Gasteiger partial charge in [-0.3, -0.25) is 14.9 Å². The van der Waals surface area contributed by atoms with Gasteiger partial charge in [0.2, 0.25) is 12.5 Å². The van der Waals surface area contributed by atoms with Crippen LogP contribution in [0.2, 0.25) is 0 Å². The number of aromatic nitrogens is 3. The van der Waals surface area contributed by atoms with Crippen molar-refractivity contribution >= 4 is 27.2 Å². The molecule has 1 aliphatic heterocycles. The Labute approximate surface area is 185 Å². The number of methoxy groups -OCH3 is 1. The number of thiophene rings is 1. The lowest BCUT2D eigenvalue weighted by Crippen LogP contribution is -2.60. The molecule has 0 aliphatic carbocycles. The maximum Gasteiger partial charge on any atom is 0.303 e. The molecule has 4 heterocycles. The number of quaternary nitrogens is 1. The molecule has 0 radical (unpaired) electrons. The summed E-state index contributed by atoms with van der Waals surface area (Å²) in [6.45, 7) is -0.722. The zero-order chi connectivity index (χ0) is 22.3. The van der Waals surface area contributed by atoms with Gasteiger partial charge in [0.15, 0.2) is 6.54 Å². The average Bonchev–Trinajstić information content (AvgIpc) is 3.44. The molecule has 1 unspecified atom stereocenters. The van der Waals surface area contributed by atoms with E-state index in [2.05, 4.69) is 15.2 Å². The van der Waals surface area contributed by atoms with E-state index in [0.717, 1.165) is 16.0 Å². The molecule has 0 saturated carbocycles. The summed E-state index contributed by atoms with van der Waals surface area (Å²) >= 11 is 1.25. The summed E-state index contributed by atoms with van der Waals surface area (Å²) in [4.78, 5) is 22.7. The molecule has 0 amide bonds. The average molecular weight is 459 g/mol. The number of hydrogen-bond donors (Lipinski definition) is 2. The van der Waals surface area contributed by atoms with Crippen molar-refractivity contribution < 1.29 is 18.4 Å². The molecule has 7 nitrogen and oxygen atoms in total. The maximum absolute atomic E-state index is 15.1. The van der Waals surface area contributed by atoms with Crippen molar-refractivity contribution in [2.75, 3.05) is 20.4 Å². The molecule has 5 rings (SSSR count). The van der Waals surface area contributed by atoms with Crippen molar-refractivity contribution in [2.45, 2.75) is 19.0 Å². The van der Waals surface area contributed by atoms with Gasteiger partial charge in [-0.05, 0) is 11.6 Å². The number of nitrogens with one attached hydrogen (secondary N) is 2. The Morgan fingerprint density at radius 1 is 1.28 bits per heavy atom. The van der Waals surface area contributed by atoms with Crippen molar-refractivity contribution in [2.24, 2.45) is 0 Å². The number of ether oxygens (including phenoxy) is 1. The van der Waals surface area contributed by atoms with Gasteiger partial charge in [0.1, 0.15) is 11.3 Å². The van der Waals surface area contributed by atoms with E-state index in [9.17, 15) is 4.79 Å². The number of aromatic amines is 2. The minimum atomic E-state index is -3.05. The Morgan fingerprint density at radius 3 is 2.81 bits per heavy atom. The molecule has 1 atom stereocenters. The second kappa shape index (κ2) is 7.89. The predicted octanol–water partition coefficient (Wildman–Crippen LogP) is 4.21. The van der Waals surface area contributed by atoms with Crippen LogP contribution in [0.3, 0.4) is 0 Å². The summed E-state index contributed by atoms with van der Waals surface area (Å²) in [6, 6.07) is 11.1. The van der Waals surface area contributed by atoms with E-state index in [0.29, 0.717) is 21.5 Å². The van der Waals surface area contributed by atoms with Gasteiger partial charge in [-0.1, -0.05) is 30.3 Å². The first-order chi connectivity index (χ1) is 15.4. The fourth-order valence-electron chi connectivity index (χ4n) is 4.21. The fraction of sp³-hybridized carbons (Fsp3) is 0.273. The number of nitrogens with zero attached hydrogens (tertiary/aromatic N) is 2. The minimum absolute atomic E-state index is 0.0870. The van der Waals surface area contributed by atoms with E-state index in [-0.39, 0.29) is 18.9 Å². The maximum atomic E-state index is 15.1. The van der Waals surface area contributed by atoms with Crippen molar-refractivity contribution in [1.82, 2.24) is 19.8 Å². The zero-order valence-corrected chi connectivity index (χ0v) is 18.0. The summed E-state index contributed by atoms with van der Waals surface area (Å²) in [5.74, 6) is -2.74. The van der Waals surface area contributed by atoms with Crippen LogP contribution in [0.15, 0.2) is 53.6 Å². The molecular formula is C22H21F2N4O3S+. The SMILES string of the molecule is COC[N+]1(OCc2ccccc2)CC(F)(F)Cc2c1[nH]c(=O)c1sc(-c3cn[nH]c3)cc21. The molecule has 2 N–H and O–H groups in total. The van der Waals surface area contributed by atoms with Gasteiger partial charge in [0.25, 0.3) is 5.56 Å². The summed E-state index contributed by atoms with van der Waals surface area (Å²) in [7, 11) is 1.43. The molecule has 0 spiro atoms. The van der Waals surface area contributed by atoms with Crippen LogP contribution in [0.25, 0.3) is 20.5 Å². The van der Waals surface area contributed by atoms with Crippen molar-refractivity contribution in [3.05, 3.63) is 70.3 Å². The molecule has 1 aliphatic rings. The smallest absolute Gasteiger partial charge is 0.303 e. The highest BCUT2D eigenvalue weighted by atomic mass is 32.1. The Kier molecular flexibility index (Phi) is 5.17. The molecule has 166 valence electrons. The number of H-pyrrole nitrogens is 2. The first-order valence-electron chi connectivity index (χ1n) is 10.0. The van der Waals surface area contributed by atoms with Crippen LogP contribution in [0.5, 0.6) is 0 Å². The lowest BCUT2D eigenvalue weighted by molar-refractivity contribution is -0.237. The number of pyridine rings is 1. The third kappa shape index (κ3) is 3.65. The highest BCUT2D eigenvalue weighted by molar-refractivity contribution is 7.22. The molecule has 0 fully saturated rings. The number of alkyl halides is 2. The first-order valence-corrected chi connectivity index (χ1v) is 10.8. The van der Waals surface area contributed by atoms with E-state index < -0.39 is 23.5 Å². The Balaban J connectivity index is 1.67. The Bertz CT molecular complexity index is 1300. The minimum Gasteiger partial charge on any atom is -0.332 e. The normalized spacial score (nSPS) is 19.8. The monoisotopic (exact) mass is 459 g/mol. The molecule has 4 aromatic rings. The van der Waals surface area contributed by atoms with Crippen LogP contribution < -0.4 is 10.2 Å². The van der Waals surface area contributed by atoms with E-state index in [1.54, 1.807) is 18.5 Å². The first kappa shape index (κ1) is 21.0. The number of hydrogen-bond acceptors (Lipinski definition) is 5. The van der Waals surface area contributed by atoms with Gasteiger partial charge < -0.3 is 4.74 Å². The van der Waals surface area contributed by atoms with Gasteiger partial charge in [-0.25, -0.2) is 0 Å². The van der Waals surface area contributed by atoms with Gasteiger partial charge >= 0.3 is 5.92 Å². The van der Waals surface area contributed by atoms with Crippen LogP contribution in [0, 0.1) is 0 Å². The number of halogens is 2. The summed E-state index contributed by atoms with van der Waals surface area (Å²) in [6.07, 6.45) is 2.85. The van der Waals surface area contributed by atoms with Crippen molar-refractivity contribution in [3.63, 3.8) is 0 Å². The van der Waals surface area contributed by atoms with Crippen LogP contribution in [0.1, 0.15) is 11.1 Å². The van der Waals surface area contributed by atoms with Crippen LogP contribution in [0.4, 0.5) is 14.6 Å². The predicted molar refractivity (Wildman–Crippen MR) is 118 cm³/mol. The van der Waals surface area contributed by atoms with Gasteiger partial charge in [0.05, 0.1) is 18.2 Å². The lowest BCUT2D eigenvalue weighted by Gasteiger charge is -2.40. The Morgan fingerprint density at radius 2 is 2.09 bits per heavy atom. The van der Waals surface area contributed by atoms with Gasteiger partial charge in [0, 0.05) is 29.1 Å². The molecule has 10 heteroatoms. The third-order valence-electron chi connectivity index (χ3n) is 5.55. The molecule has 0 saturated heterocycles. The topological polar surface area (TPSA) is 80.0 Å². The van der Waals surface area contributed by atoms with E-state index in [1.165, 1.54) is 18.4 Å². The largest absolute Gasteiger partial charge is 0.332 e. The van der Waals surface area contributed by atoms with Crippen LogP contribution >= 0.6 is 11.3 Å². The highest BCUT2D eigenvalue weighted by Gasteiger charge is 2.53. The summed E-state index contributed by atoms with van der Waals surface area (Å²) < 4.78 is 35.3. The quantitative estimate of drug-likeness (QED) is 0.423. The highest BCUT2D eigenvalue weighted by Crippen LogP contribution is 2.44. The van der Waals surface area contributed by atoms with Crippen molar-refractivity contribution in [1.29, 1.82) is 0 Å². The summed E-state index contributed by atoms with van der Waals surface area (Å²) in [5, 5.41) is 7.18. The Hall–Kier alpha value is -2.92. The second-order valence-corrected chi connectivity index (χ2v) is 8.93. The number of benzene rings is 1.